The van der Waals surface area contributed by atoms with Crippen molar-refractivity contribution in [3.05, 3.63) is 52.5 Å². The average molecular weight is 481 g/mol. The van der Waals surface area contributed by atoms with Crippen LogP contribution in [-0.4, -0.2) is 36.9 Å². The molecule has 8 heteroatoms. The first kappa shape index (κ1) is 23.1. The fourth-order valence-corrected chi connectivity index (χ4v) is 3.01. The van der Waals surface area contributed by atoms with Gasteiger partial charge in [-0.25, -0.2) is 0 Å². The second kappa shape index (κ2) is 11.7. The van der Waals surface area contributed by atoms with Crippen LogP contribution in [0.15, 0.2) is 46.9 Å². The molecule has 0 aliphatic carbocycles. The zero-order chi connectivity index (χ0) is 21.2. The molecule has 0 heterocycles. The molecular formula is C21H25BrN2O4S. The van der Waals surface area contributed by atoms with Crippen molar-refractivity contribution in [1.82, 2.24) is 5.32 Å². The largest absolute Gasteiger partial charge is 0.491 e. The number of amides is 1. The van der Waals surface area contributed by atoms with E-state index >= 15 is 0 Å². The number of carbonyl (C=O) groups is 1. The third-order valence-electron chi connectivity index (χ3n) is 3.60. The lowest BCUT2D eigenvalue weighted by molar-refractivity contribution is 0.0977. The second-order valence-electron chi connectivity index (χ2n) is 6.29. The monoisotopic (exact) mass is 480 g/mol. The molecule has 6 nitrogen and oxygen atoms in total. The minimum Gasteiger partial charge on any atom is -0.491 e. The van der Waals surface area contributed by atoms with E-state index in [0.29, 0.717) is 35.6 Å². The Balaban J connectivity index is 1.87. The van der Waals surface area contributed by atoms with Gasteiger partial charge in [0, 0.05) is 17.9 Å². The Morgan fingerprint density at radius 3 is 2.48 bits per heavy atom. The van der Waals surface area contributed by atoms with Crippen LogP contribution >= 0.6 is 28.1 Å². The number of ether oxygens (including phenoxy) is 3. The van der Waals surface area contributed by atoms with Crippen LogP contribution in [0, 0.1) is 0 Å². The fraction of sp³-hybridized carbons (Fsp3) is 0.333. The molecule has 0 unspecified atom stereocenters. The summed E-state index contributed by atoms with van der Waals surface area (Å²) in [5, 5.41) is 5.86. The third kappa shape index (κ3) is 8.00. The lowest BCUT2D eigenvalue weighted by atomic mass is 10.2. The molecule has 1 amide bonds. The summed E-state index contributed by atoms with van der Waals surface area (Å²) in [5.74, 6) is 1.11. The van der Waals surface area contributed by atoms with Crippen molar-refractivity contribution >= 4 is 44.9 Å². The molecule has 2 rings (SSSR count). The van der Waals surface area contributed by atoms with Crippen LogP contribution in [0.25, 0.3) is 0 Å². The van der Waals surface area contributed by atoms with Gasteiger partial charge in [0.25, 0.3) is 5.91 Å². The molecule has 156 valence electrons. The Kier molecular flexibility index (Phi) is 9.37. The molecule has 29 heavy (non-hydrogen) atoms. The summed E-state index contributed by atoms with van der Waals surface area (Å²) in [6, 6.07) is 12.4. The number of benzene rings is 2. The lowest BCUT2D eigenvalue weighted by Gasteiger charge is -2.13. The van der Waals surface area contributed by atoms with Crippen LogP contribution in [0.4, 0.5) is 5.69 Å². The first-order valence-corrected chi connectivity index (χ1v) is 10.5. The predicted octanol–water partition coefficient (Wildman–Crippen LogP) is 4.78. The highest BCUT2D eigenvalue weighted by Gasteiger charge is 2.12. The van der Waals surface area contributed by atoms with Gasteiger partial charge in [-0.2, -0.15) is 0 Å². The molecule has 0 spiro atoms. The minimum atomic E-state index is -0.310. The topological polar surface area (TPSA) is 68.8 Å². The van der Waals surface area contributed by atoms with Gasteiger partial charge in [0.1, 0.15) is 18.1 Å². The Bertz CT molecular complexity index is 828. The third-order valence-corrected chi connectivity index (χ3v) is 4.42. The molecule has 0 radical (unpaired) electrons. The second-order valence-corrected chi connectivity index (χ2v) is 7.55. The molecular weight excluding hydrogens is 456 g/mol. The minimum absolute atomic E-state index is 0.0456. The SMILES string of the molecule is CCOCCOc1ccc(NC(=S)NC(=O)c2ccc(OC(C)C)c(Br)c2)cc1. The van der Waals surface area contributed by atoms with Gasteiger partial charge in [-0.1, -0.05) is 0 Å². The van der Waals surface area contributed by atoms with Crippen molar-refractivity contribution in [2.24, 2.45) is 0 Å². The fourth-order valence-electron chi connectivity index (χ4n) is 2.33. The normalized spacial score (nSPS) is 10.5. The molecule has 0 aromatic heterocycles. The number of carbonyl (C=O) groups excluding carboxylic acids is 1. The average Bonchev–Trinajstić information content (AvgIpc) is 2.67. The van der Waals surface area contributed by atoms with Crippen molar-refractivity contribution in [2.45, 2.75) is 26.9 Å². The summed E-state index contributed by atoms with van der Waals surface area (Å²) in [4.78, 5) is 12.4. The molecule has 0 saturated heterocycles. The molecule has 0 aliphatic heterocycles. The Labute approximate surface area is 185 Å². The van der Waals surface area contributed by atoms with E-state index in [1.165, 1.54) is 0 Å². The van der Waals surface area contributed by atoms with Crippen molar-refractivity contribution in [2.75, 3.05) is 25.1 Å². The van der Waals surface area contributed by atoms with E-state index in [1.807, 2.05) is 45.0 Å². The van der Waals surface area contributed by atoms with Gasteiger partial charge in [0.15, 0.2) is 5.11 Å². The van der Waals surface area contributed by atoms with Crippen molar-refractivity contribution in [1.29, 1.82) is 0 Å². The van der Waals surface area contributed by atoms with Gasteiger partial charge in [-0.05, 0) is 91.4 Å². The van der Waals surface area contributed by atoms with Gasteiger partial charge < -0.3 is 19.5 Å². The molecule has 2 aromatic rings. The van der Waals surface area contributed by atoms with Gasteiger partial charge in [-0.3, -0.25) is 10.1 Å². The van der Waals surface area contributed by atoms with E-state index < -0.39 is 0 Å². The van der Waals surface area contributed by atoms with Crippen molar-refractivity contribution < 1.29 is 19.0 Å². The Morgan fingerprint density at radius 2 is 1.86 bits per heavy atom. The number of hydrogen-bond donors (Lipinski definition) is 2. The molecule has 0 aliphatic rings. The molecule has 2 aromatic carbocycles. The maximum atomic E-state index is 12.4. The predicted molar refractivity (Wildman–Crippen MR) is 122 cm³/mol. The molecule has 0 saturated carbocycles. The van der Waals surface area contributed by atoms with Crippen molar-refractivity contribution in [3.8, 4) is 11.5 Å². The smallest absolute Gasteiger partial charge is 0.257 e. The van der Waals surface area contributed by atoms with Gasteiger partial charge in [0.2, 0.25) is 0 Å². The number of thiocarbonyl (C=S) groups is 1. The number of hydrogen-bond acceptors (Lipinski definition) is 5. The van der Waals surface area contributed by atoms with Gasteiger partial charge >= 0.3 is 0 Å². The van der Waals surface area contributed by atoms with Crippen LogP contribution in [0.5, 0.6) is 11.5 Å². The van der Waals surface area contributed by atoms with E-state index in [2.05, 4.69) is 26.6 Å². The maximum absolute atomic E-state index is 12.4. The number of nitrogens with one attached hydrogen (secondary N) is 2. The highest BCUT2D eigenvalue weighted by molar-refractivity contribution is 9.10. The Hall–Kier alpha value is -2.16. The van der Waals surface area contributed by atoms with Crippen LogP contribution in [0.1, 0.15) is 31.1 Å². The first-order valence-electron chi connectivity index (χ1n) is 9.28. The standard InChI is InChI=1S/C21H25BrN2O4S/c1-4-26-11-12-27-17-8-6-16(7-9-17)23-21(29)24-20(25)15-5-10-19(18(22)13-15)28-14(2)3/h5-10,13-14H,4,11-12H2,1-3H3,(H2,23,24,25,29). The van der Waals surface area contributed by atoms with E-state index in [1.54, 1.807) is 18.2 Å². The summed E-state index contributed by atoms with van der Waals surface area (Å²) >= 11 is 8.66. The summed E-state index contributed by atoms with van der Waals surface area (Å²) in [5.41, 5.74) is 1.21. The zero-order valence-electron chi connectivity index (χ0n) is 16.7. The van der Waals surface area contributed by atoms with Crippen LogP contribution < -0.4 is 20.1 Å². The van der Waals surface area contributed by atoms with E-state index in [-0.39, 0.29) is 17.1 Å². The van der Waals surface area contributed by atoms with Crippen LogP contribution in [0.2, 0.25) is 0 Å². The Morgan fingerprint density at radius 1 is 1.14 bits per heavy atom. The number of halogens is 1. The first-order chi connectivity index (χ1) is 13.9. The lowest BCUT2D eigenvalue weighted by Crippen LogP contribution is -2.34. The van der Waals surface area contributed by atoms with Crippen LogP contribution in [0.3, 0.4) is 0 Å². The molecule has 2 N–H and O–H groups in total. The summed E-state index contributed by atoms with van der Waals surface area (Å²) in [6.07, 6.45) is 0.0456. The van der Waals surface area contributed by atoms with Gasteiger partial charge in [0.05, 0.1) is 17.2 Å². The highest BCUT2D eigenvalue weighted by Crippen LogP contribution is 2.27. The summed E-state index contributed by atoms with van der Waals surface area (Å²) in [7, 11) is 0. The summed E-state index contributed by atoms with van der Waals surface area (Å²) in [6.45, 7) is 7.53. The molecule has 0 fully saturated rings. The van der Waals surface area contributed by atoms with E-state index in [0.717, 1.165) is 11.4 Å². The quantitative estimate of drug-likeness (QED) is 0.397. The van der Waals surface area contributed by atoms with Crippen molar-refractivity contribution in [3.63, 3.8) is 0 Å². The maximum Gasteiger partial charge on any atom is 0.257 e. The highest BCUT2D eigenvalue weighted by atomic mass is 79.9. The zero-order valence-corrected chi connectivity index (χ0v) is 19.1. The number of anilines is 1. The van der Waals surface area contributed by atoms with Crippen LogP contribution in [-0.2, 0) is 4.74 Å². The number of rotatable bonds is 9. The van der Waals surface area contributed by atoms with Gasteiger partial charge in [-0.15, -0.1) is 0 Å². The summed E-state index contributed by atoms with van der Waals surface area (Å²) < 4.78 is 17.2. The van der Waals surface area contributed by atoms with E-state index in [4.69, 9.17) is 26.4 Å². The molecule has 0 atom stereocenters. The molecule has 0 bridgehead atoms. The van der Waals surface area contributed by atoms with E-state index in [9.17, 15) is 4.79 Å².